The summed E-state index contributed by atoms with van der Waals surface area (Å²) in [5, 5.41) is 6.27. The summed E-state index contributed by atoms with van der Waals surface area (Å²) in [6.07, 6.45) is 0. The lowest BCUT2D eigenvalue weighted by atomic mass is 9.98. The van der Waals surface area contributed by atoms with Crippen LogP contribution in [0, 0.1) is 0 Å². The van der Waals surface area contributed by atoms with Gasteiger partial charge in [0.1, 0.15) is 22.3 Å². The predicted molar refractivity (Wildman–Crippen MR) is 219 cm³/mol. The third kappa shape index (κ3) is 4.98. The van der Waals surface area contributed by atoms with Crippen molar-refractivity contribution in [1.82, 2.24) is 15.0 Å². The highest BCUT2D eigenvalue weighted by Crippen LogP contribution is 2.41. The van der Waals surface area contributed by atoms with Crippen molar-refractivity contribution in [3.63, 3.8) is 0 Å². The Kier molecular flexibility index (Phi) is 6.79. The lowest BCUT2D eigenvalue weighted by Crippen LogP contribution is -2.01. The SMILES string of the molecule is c1ccc(-c2ccc3cc(-c4nc(-c5cccc6c5oc5ccccc56)nc(-c5cc(-c6ccccc6)cc6oc7ccccc7c56)n4)ccc3c2)cc1. The van der Waals surface area contributed by atoms with Crippen LogP contribution in [-0.4, -0.2) is 15.0 Å². The van der Waals surface area contributed by atoms with E-state index < -0.39 is 0 Å². The van der Waals surface area contributed by atoms with E-state index >= 15 is 0 Å². The number of fused-ring (bicyclic) bond motifs is 7. The van der Waals surface area contributed by atoms with Crippen molar-refractivity contribution in [3.8, 4) is 56.4 Å². The van der Waals surface area contributed by atoms with Crippen LogP contribution in [0.2, 0.25) is 0 Å². The molecule has 0 saturated carbocycles. The molecule has 0 saturated heterocycles. The molecule has 0 radical (unpaired) electrons. The van der Waals surface area contributed by atoms with Gasteiger partial charge in [0.05, 0.1) is 5.56 Å². The monoisotopic (exact) mass is 691 g/mol. The third-order valence-corrected chi connectivity index (χ3v) is 10.3. The minimum Gasteiger partial charge on any atom is -0.456 e. The van der Waals surface area contributed by atoms with Gasteiger partial charge in [-0.25, -0.2) is 15.0 Å². The first-order valence-electron chi connectivity index (χ1n) is 18.0. The van der Waals surface area contributed by atoms with Gasteiger partial charge in [0.2, 0.25) is 0 Å². The molecule has 0 amide bonds. The van der Waals surface area contributed by atoms with Crippen molar-refractivity contribution in [2.75, 3.05) is 0 Å². The molecule has 11 aromatic rings. The number of aromatic nitrogens is 3. The van der Waals surface area contributed by atoms with Gasteiger partial charge in [0.15, 0.2) is 17.5 Å². The van der Waals surface area contributed by atoms with E-state index in [1.54, 1.807) is 0 Å². The van der Waals surface area contributed by atoms with E-state index in [1.165, 1.54) is 11.1 Å². The molecular formula is C49H29N3O2. The maximum Gasteiger partial charge on any atom is 0.167 e. The molecule has 5 nitrogen and oxygen atoms in total. The molecule has 11 rings (SSSR count). The van der Waals surface area contributed by atoms with Crippen molar-refractivity contribution < 1.29 is 8.83 Å². The molecule has 252 valence electrons. The third-order valence-electron chi connectivity index (χ3n) is 10.3. The molecule has 0 N–H and O–H groups in total. The topological polar surface area (TPSA) is 65.0 Å². The van der Waals surface area contributed by atoms with E-state index in [-0.39, 0.29) is 0 Å². The second kappa shape index (κ2) is 12.1. The fraction of sp³-hybridized carbons (Fsp3) is 0. The molecule has 0 unspecified atom stereocenters. The summed E-state index contributed by atoms with van der Waals surface area (Å²) in [7, 11) is 0. The standard InChI is InChI=1S/C49H29N3O2/c1-3-12-30(13-4-1)32-22-23-34-27-35(25-24-33(34)26-32)47-50-48(40-19-11-18-38-37-16-7-9-20-42(37)54-46(38)40)52-49(51-47)41-28-36(31-14-5-2-6-15-31)29-44-45(41)39-17-8-10-21-43(39)53-44/h1-29H. The highest BCUT2D eigenvalue weighted by Gasteiger charge is 2.21. The normalized spacial score (nSPS) is 11.7. The van der Waals surface area contributed by atoms with Crippen molar-refractivity contribution in [2.45, 2.75) is 0 Å². The lowest BCUT2D eigenvalue weighted by molar-refractivity contribution is 0.668. The zero-order valence-electron chi connectivity index (χ0n) is 28.9. The van der Waals surface area contributed by atoms with Gasteiger partial charge >= 0.3 is 0 Å². The molecule has 0 fully saturated rings. The first-order chi connectivity index (χ1) is 26.7. The quantitative estimate of drug-likeness (QED) is 0.180. The Hall–Kier alpha value is -7.37. The summed E-state index contributed by atoms with van der Waals surface area (Å²) < 4.78 is 13.0. The fourth-order valence-corrected chi connectivity index (χ4v) is 7.69. The summed E-state index contributed by atoms with van der Waals surface area (Å²) in [4.78, 5) is 15.7. The molecule has 3 aromatic heterocycles. The molecular weight excluding hydrogens is 663 g/mol. The van der Waals surface area contributed by atoms with Crippen LogP contribution in [0.15, 0.2) is 185 Å². The Morgan fingerprint density at radius 2 is 0.889 bits per heavy atom. The summed E-state index contributed by atoms with van der Waals surface area (Å²) in [5.41, 5.74) is 10.2. The second-order valence-electron chi connectivity index (χ2n) is 13.6. The molecule has 54 heavy (non-hydrogen) atoms. The van der Waals surface area contributed by atoms with E-state index in [2.05, 4.69) is 103 Å². The molecule has 0 aliphatic rings. The largest absolute Gasteiger partial charge is 0.456 e. The molecule has 0 aliphatic heterocycles. The van der Waals surface area contributed by atoms with E-state index in [0.717, 1.165) is 82.5 Å². The van der Waals surface area contributed by atoms with Crippen molar-refractivity contribution in [3.05, 3.63) is 176 Å². The van der Waals surface area contributed by atoms with Crippen molar-refractivity contribution in [2.24, 2.45) is 0 Å². The van der Waals surface area contributed by atoms with Crippen LogP contribution in [0.1, 0.15) is 0 Å². The number of rotatable bonds is 5. The number of hydrogen-bond acceptors (Lipinski definition) is 5. The Balaban J connectivity index is 1.17. The minimum absolute atomic E-state index is 0.533. The Morgan fingerprint density at radius 1 is 0.315 bits per heavy atom. The average Bonchev–Trinajstić information content (AvgIpc) is 3.82. The first-order valence-corrected chi connectivity index (χ1v) is 18.0. The smallest absolute Gasteiger partial charge is 0.167 e. The molecule has 0 aliphatic carbocycles. The Morgan fingerprint density at radius 3 is 1.65 bits per heavy atom. The van der Waals surface area contributed by atoms with Gasteiger partial charge < -0.3 is 8.83 Å². The fourth-order valence-electron chi connectivity index (χ4n) is 7.69. The van der Waals surface area contributed by atoms with Gasteiger partial charge in [-0.1, -0.05) is 133 Å². The molecule has 0 spiro atoms. The van der Waals surface area contributed by atoms with E-state index in [1.807, 2.05) is 72.8 Å². The zero-order chi connectivity index (χ0) is 35.6. The van der Waals surface area contributed by atoms with Gasteiger partial charge in [-0.15, -0.1) is 0 Å². The highest BCUT2D eigenvalue weighted by atomic mass is 16.3. The van der Waals surface area contributed by atoms with E-state index in [9.17, 15) is 0 Å². The van der Waals surface area contributed by atoms with Gasteiger partial charge in [-0.2, -0.15) is 0 Å². The first kappa shape index (κ1) is 30.3. The van der Waals surface area contributed by atoms with Crippen LogP contribution >= 0.6 is 0 Å². The van der Waals surface area contributed by atoms with Crippen LogP contribution in [-0.2, 0) is 0 Å². The van der Waals surface area contributed by atoms with Crippen LogP contribution in [0.4, 0.5) is 0 Å². The van der Waals surface area contributed by atoms with E-state index in [0.29, 0.717) is 17.5 Å². The van der Waals surface area contributed by atoms with Gasteiger partial charge in [0, 0.05) is 32.7 Å². The number of para-hydroxylation sites is 3. The van der Waals surface area contributed by atoms with Gasteiger partial charge in [-0.3, -0.25) is 0 Å². The summed E-state index contributed by atoms with van der Waals surface area (Å²) in [6, 6.07) is 60.5. The summed E-state index contributed by atoms with van der Waals surface area (Å²) in [6.45, 7) is 0. The Labute approximate surface area is 309 Å². The van der Waals surface area contributed by atoms with Crippen molar-refractivity contribution >= 4 is 54.6 Å². The average molecular weight is 692 g/mol. The predicted octanol–water partition coefficient (Wildman–Crippen LogP) is 13.2. The second-order valence-corrected chi connectivity index (χ2v) is 13.6. The Bertz CT molecular complexity index is 3220. The van der Waals surface area contributed by atoms with Crippen molar-refractivity contribution in [1.29, 1.82) is 0 Å². The number of hydrogen-bond donors (Lipinski definition) is 0. The van der Waals surface area contributed by atoms with Gasteiger partial charge in [0.25, 0.3) is 0 Å². The van der Waals surface area contributed by atoms with Gasteiger partial charge in [-0.05, 0) is 75.5 Å². The zero-order valence-corrected chi connectivity index (χ0v) is 28.9. The van der Waals surface area contributed by atoms with E-state index in [4.69, 9.17) is 23.8 Å². The minimum atomic E-state index is 0.533. The number of benzene rings is 8. The maximum absolute atomic E-state index is 6.51. The van der Waals surface area contributed by atoms with Crippen LogP contribution in [0.5, 0.6) is 0 Å². The molecule has 0 atom stereocenters. The summed E-state index contributed by atoms with van der Waals surface area (Å²) in [5.74, 6) is 1.66. The molecule has 8 aromatic carbocycles. The lowest BCUT2D eigenvalue weighted by Gasteiger charge is -2.12. The van der Waals surface area contributed by atoms with Crippen LogP contribution in [0.25, 0.3) is 111 Å². The summed E-state index contributed by atoms with van der Waals surface area (Å²) >= 11 is 0. The van der Waals surface area contributed by atoms with Crippen LogP contribution in [0.3, 0.4) is 0 Å². The molecule has 0 bridgehead atoms. The number of furan rings is 2. The molecule has 5 heteroatoms. The number of nitrogens with zero attached hydrogens (tertiary/aromatic N) is 3. The maximum atomic E-state index is 6.51. The molecule has 3 heterocycles. The highest BCUT2D eigenvalue weighted by molar-refractivity contribution is 6.13. The van der Waals surface area contributed by atoms with Crippen LogP contribution < -0.4 is 0 Å².